The predicted molar refractivity (Wildman–Crippen MR) is 98.5 cm³/mol. The fraction of sp³-hybridized carbons (Fsp3) is 0.286. The number of nitrogens with zero attached hydrogens (tertiary/aromatic N) is 1. The number of aromatic amines is 1. The Morgan fingerprint density at radius 1 is 1.16 bits per heavy atom. The first-order chi connectivity index (χ1) is 12.3. The molecule has 2 aromatic carbocycles. The number of ether oxygens (including phenoxy) is 1. The summed E-state index contributed by atoms with van der Waals surface area (Å²) in [5.74, 6) is -0.452. The van der Waals surface area contributed by atoms with E-state index in [2.05, 4.69) is 52.3 Å². The highest BCUT2D eigenvalue weighted by Gasteiger charge is 2.31. The quantitative estimate of drug-likeness (QED) is 0.746. The van der Waals surface area contributed by atoms with Crippen LogP contribution in [0.4, 0.5) is 0 Å². The number of carbonyl (C=O) groups excluding carboxylic acids is 1. The maximum absolute atomic E-state index is 12.5. The third-order valence-corrected chi connectivity index (χ3v) is 5.05. The van der Waals surface area contributed by atoms with Crippen molar-refractivity contribution in [3.05, 3.63) is 71.4 Å². The number of benzene rings is 2. The van der Waals surface area contributed by atoms with Gasteiger partial charge in [0.1, 0.15) is 5.92 Å². The molecule has 1 aliphatic heterocycles. The van der Waals surface area contributed by atoms with Crippen LogP contribution in [0.15, 0.2) is 54.6 Å². The molecule has 2 heterocycles. The lowest BCUT2D eigenvalue weighted by Gasteiger charge is -2.23. The summed E-state index contributed by atoms with van der Waals surface area (Å²) in [6.45, 7) is 2.44. The van der Waals surface area contributed by atoms with E-state index >= 15 is 0 Å². The molecule has 3 aromatic rings. The zero-order chi connectivity index (χ0) is 17.2. The van der Waals surface area contributed by atoms with Gasteiger partial charge in [0.2, 0.25) is 0 Å². The van der Waals surface area contributed by atoms with Crippen molar-refractivity contribution in [1.82, 2.24) is 9.88 Å². The zero-order valence-electron chi connectivity index (χ0n) is 14.4. The second-order valence-corrected chi connectivity index (χ2v) is 6.61. The molecule has 4 heteroatoms. The summed E-state index contributed by atoms with van der Waals surface area (Å²) in [4.78, 5) is 18.3. The van der Waals surface area contributed by atoms with E-state index in [-0.39, 0.29) is 11.9 Å². The topological polar surface area (TPSA) is 45.3 Å². The lowest BCUT2D eigenvalue weighted by atomic mass is 10.00. The highest BCUT2D eigenvalue weighted by Crippen LogP contribution is 2.32. The molecule has 1 aromatic heterocycles. The molecular formula is C21H22N2O2. The Labute approximate surface area is 147 Å². The predicted octanol–water partition coefficient (Wildman–Crippen LogP) is 3.48. The molecule has 128 valence electrons. The van der Waals surface area contributed by atoms with Gasteiger partial charge in [0.25, 0.3) is 0 Å². The summed E-state index contributed by atoms with van der Waals surface area (Å²) < 4.78 is 5.11. The number of hydrogen-bond acceptors (Lipinski definition) is 3. The minimum absolute atomic E-state index is 0.173. The van der Waals surface area contributed by atoms with E-state index in [9.17, 15) is 4.79 Å². The van der Waals surface area contributed by atoms with Gasteiger partial charge in [-0.2, -0.15) is 0 Å². The Kier molecular flexibility index (Phi) is 4.28. The first-order valence-electron chi connectivity index (χ1n) is 8.70. The minimum Gasteiger partial charge on any atom is -0.468 e. The fourth-order valence-electron chi connectivity index (χ4n) is 3.82. The van der Waals surface area contributed by atoms with E-state index in [1.54, 1.807) is 0 Å². The molecule has 0 fully saturated rings. The van der Waals surface area contributed by atoms with Gasteiger partial charge in [0.15, 0.2) is 0 Å². The third kappa shape index (κ3) is 3.05. The van der Waals surface area contributed by atoms with Gasteiger partial charge >= 0.3 is 5.97 Å². The van der Waals surface area contributed by atoms with Crippen molar-refractivity contribution < 1.29 is 9.53 Å². The lowest BCUT2D eigenvalue weighted by Crippen LogP contribution is -2.31. The van der Waals surface area contributed by atoms with Gasteiger partial charge in [-0.15, -0.1) is 0 Å². The number of nitrogens with one attached hydrogen (secondary N) is 1. The third-order valence-electron chi connectivity index (χ3n) is 5.05. The largest absolute Gasteiger partial charge is 0.468 e. The van der Waals surface area contributed by atoms with Crippen LogP contribution in [0.3, 0.4) is 0 Å². The maximum Gasteiger partial charge on any atom is 0.315 e. The van der Waals surface area contributed by atoms with Gasteiger partial charge in [-0.1, -0.05) is 48.5 Å². The molecule has 0 saturated heterocycles. The van der Waals surface area contributed by atoms with Gasteiger partial charge in [0, 0.05) is 36.2 Å². The van der Waals surface area contributed by atoms with Crippen LogP contribution < -0.4 is 0 Å². The maximum atomic E-state index is 12.5. The second kappa shape index (κ2) is 6.73. The van der Waals surface area contributed by atoms with E-state index in [1.807, 2.05) is 12.1 Å². The molecule has 1 aliphatic rings. The number of para-hydroxylation sites is 1. The summed E-state index contributed by atoms with van der Waals surface area (Å²) >= 11 is 0. The summed E-state index contributed by atoms with van der Waals surface area (Å²) in [5, 5.41) is 1.22. The number of methoxy groups -OCH3 is 1. The van der Waals surface area contributed by atoms with E-state index in [1.165, 1.54) is 23.6 Å². The van der Waals surface area contributed by atoms with Crippen molar-refractivity contribution in [2.24, 2.45) is 0 Å². The number of H-pyrrole nitrogens is 1. The Balaban J connectivity index is 1.69. The van der Waals surface area contributed by atoms with Crippen LogP contribution in [0.25, 0.3) is 10.9 Å². The van der Waals surface area contributed by atoms with Crippen molar-refractivity contribution >= 4 is 16.9 Å². The first kappa shape index (κ1) is 15.9. The molecule has 1 atom stereocenters. The molecule has 0 amide bonds. The fourth-order valence-corrected chi connectivity index (χ4v) is 3.82. The smallest absolute Gasteiger partial charge is 0.315 e. The molecule has 4 nitrogen and oxygen atoms in total. The molecule has 0 aliphatic carbocycles. The highest BCUT2D eigenvalue weighted by atomic mass is 16.5. The summed E-state index contributed by atoms with van der Waals surface area (Å²) in [6, 6.07) is 18.7. The SMILES string of the molecule is COC(=O)[C@@H]1CN(Cc2ccccc2)CCc2c1[nH]c1ccccc21. The van der Waals surface area contributed by atoms with E-state index in [4.69, 9.17) is 4.74 Å². The van der Waals surface area contributed by atoms with Crippen LogP contribution >= 0.6 is 0 Å². The van der Waals surface area contributed by atoms with Crippen molar-refractivity contribution in [2.45, 2.75) is 18.9 Å². The minimum atomic E-state index is -0.279. The van der Waals surface area contributed by atoms with Gasteiger partial charge in [-0.25, -0.2) is 0 Å². The number of fused-ring (bicyclic) bond motifs is 3. The number of aromatic nitrogens is 1. The lowest BCUT2D eigenvalue weighted by molar-refractivity contribution is -0.143. The molecule has 25 heavy (non-hydrogen) atoms. The molecule has 0 saturated carbocycles. The van der Waals surface area contributed by atoms with Crippen molar-refractivity contribution in [1.29, 1.82) is 0 Å². The molecular weight excluding hydrogens is 312 g/mol. The van der Waals surface area contributed by atoms with Crippen LogP contribution in [0.5, 0.6) is 0 Å². The van der Waals surface area contributed by atoms with E-state index in [0.717, 1.165) is 30.7 Å². The monoisotopic (exact) mass is 334 g/mol. The summed E-state index contributed by atoms with van der Waals surface area (Å²) in [6.07, 6.45) is 0.930. The highest BCUT2D eigenvalue weighted by molar-refractivity contribution is 5.88. The van der Waals surface area contributed by atoms with Gasteiger partial charge in [-0.05, 0) is 23.6 Å². The van der Waals surface area contributed by atoms with Crippen LogP contribution in [-0.4, -0.2) is 36.1 Å². The number of esters is 1. The number of rotatable bonds is 3. The summed E-state index contributed by atoms with van der Waals surface area (Å²) in [5.41, 5.74) is 4.63. The van der Waals surface area contributed by atoms with E-state index < -0.39 is 0 Å². The van der Waals surface area contributed by atoms with Crippen molar-refractivity contribution in [2.75, 3.05) is 20.2 Å². The normalized spacial score (nSPS) is 17.9. The number of hydrogen-bond donors (Lipinski definition) is 1. The van der Waals surface area contributed by atoms with E-state index in [0.29, 0.717) is 6.54 Å². The van der Waals surface area contributed by atoms with Crippen LogP contribution in [0, 0.1) is 0 Å². The van der Waals surface area contributed by atoms with Gasteiger partial charge < -0.3 is 9.72 Å². The molecule has 1 N–H and O–H groups in total. The molecule has 0 radical (unpaired) electrons. The van der Waals surface area contributed by atoms with Gasteiger partial charge in [0.05, 0.1) is 7.11 Å². The molecule has 0 bridgehead atoms. The van der Waals surface area contributed by atoms with Crippen LogP contribution in [0.1, 0.15) is 22.7 Å². The van der Waals surface area contributed by atoms with Crippen molar-refractivity contribution in [3.8, 4) is 0 Å². The van der Waals surface area contributed by atoms with Crippen molar-refractivity contribution in [3.63, 3.8) is 0 Å². The van der Waals surface area contributed by atoms with Crippen LogP contribution in [0.2, 0.25) is 0 Å². The van der Waals surface area contributed by atoms with Crippen LogP contribution in [-0.2, 0) is 22.5 Å². The number of carbonyl (C=O) groups is 1. The van der Waals surface area contributed by atoms with Gasteiger partial charge in [-0.3, -0.25) is 9.69 Å². The Hall–Kier alpha value is -2.59. The average Bonchev–Trinajstić information content (AvgIpc) is 2.93. The standard InChI is InChI=1S/C21H22N2O2/c1-25-21(24)18-14-23(13-15-7-3-2-4-8-15)12-11-17-16-9-5-6-10-19(16)22-20(17)18/h2-10,18,22H,11-14H2,1H3/t18-/m1/s1. The first-order valence-corrected chi connectivity index (χ1v) is 8.70. The Bertz CT molecular complexity index is 885. The molecule has 4 rings (SSSR count). The Morgan fingerprint density at radius 2 is 1.92 bits per heavy atom. The second-order valence-electron chi connectivity index (χ2n) is 6.61. The average molecular weight is 334 g/mol. The molecule has 0 spiro atoms. The Morgan fingerprint density at radius 3 is 2.72 bits per heavy atom. The zero-order valence-corrected chi connectivity index (χ0v) is 14.4. The molecule has 0 unspecified atom stereocenters. The summed E-state index contributed by atoms with van der Waals surface area (Å²) in [7, 11) is 1.47.